The van der Waals surface area contributed by atoms with E-state index in [1.165, 1.54) is 11.3 Å². The fourth-order valence-electron chi connectivity index (χ4n) is 0.946. The molecule has 1 aromatic rings. The SMILES string of the molecule is Cc1ncsc1CNC(=O)C(C)C(N)=S. The molecule has 82 valence electrons. The minimum Gasteiger partial charge on any atom is -0.393 e. The highest BCUT2D eigenvalue weighted by atomic mass is 32.1. The van der Waals surface area contributed by atoms with E-state index in [9.17, 15) is 4.79 Å². The normalized spacial score (nSPS) is 12.1. The van der Waals surface area contributed by atoms with Gasteiger partial charge in [-0.2, -0.15) is 0 Å². The zero-order valence-corrected chi connectivity index (χ0v) is 10.2. The number of nitrogens with two attached hydrogens (primary N) is 1. The molecule has 1 rings (SSSR count). The van der Waals surface area contributed by atoms with Crippen molar-refractivity contribution in [3.63, 3.8) is 0 Å². The van der Waals surface area contributed by atoms with Crippen molar-refractivity contribution in [2.24, 2.45) is 11.7 Å². The summed E-state index contributed by atoms with van der Waals surface area (Å²) in [6, 6.07) is 0. The highest BCUT2D eigenvalue weighted by Crippen LogP contribution is 2.11. The average molecular weight is 243 g/mol. The highest BCUT2D eigenvalue weighted by Gasteiger charge is 2.15. The lowest BCUT2D eigenvalue weighted by molar-refractivity contribution is -0.122. The van der Waals surface area contributed by atoms with Crippen LogP contribution in [0.1, 0.15) is 17.5 Å². The number of nitrogens with zero attached hydrogens (tertiary/aromatic N) is 1. The fourth-order valence-corrected chi connectivity index (χ4v) is 1.77. The first-order valence-electron chi connectivity index (χ1n) is 4.48. The van der Waals surface area contributed by atoms with Gasteiger partial charge in [0.15, 0.2) is 0 Å². The molecule has 0 aliphatic rings. The van der Waals surface area contributed by atoms with Gasteiger partial charge in [0.05, 0.1) is 28.7 Å². The second-order valence-corrected chi connectivity index (χ2v) is 4.61. The van der Waals surface area contributed by atoms with Crippen LogP contribution in [0.3, 0.4) is 0 Å². The number of carbonyl (C=O) groups is 1. The van der Waals surface area contributed by atoms with Gasteiger partial charge in [-0.15, -0.1) is 11.3 Å². The van der Waals surface area contributed by atoms with Gasteiger partial charge in [0.25, 0.3) is 0 Å². The molecule has 0 aliphatic carbocycles. The van der Waals surface area contributed by atoms with E-state index in [-0.39, 0.29) is 10.9 Å². The Labute approximate surface area is 97.9 Å². The average Bonchev–Trinajstić information content (AvgIpc) is 2.59. The van der Waals surface area contributed by atoms with Gasteiger partial charge in [0.1, 0.15) is 0 Å². The maximum Gasteiger partial charge on any atom is 0.229 e. The first-order chi connectivity index (χ1) is 7.02. The molecule has 15 heavy (non-hydrogen) atoms. The Balaban J connectivity index is 2.48. The molecule has 0 radical (unpaired) electrons. The monoisotopic (exact) mass is 243 g/mol. The number of thiocarbonyl (C=S) groups is 1. The van der Waals surface area contributed by atoms with Crippen molar-refractivity contribution in [2.45, 2.75) is 20.4 Å². The smallest absolute Gasteiger partial charge is 0.229 e. The summed E-state index contributed by atoms with van der Waals surface area (Å²) in [6.45, 7) is 4.09. The second kappa shape index (κ2) is 5.18. The minimum absolute atomic E-state index is 0.143. The maximum absolute atomic E-state index is 11.5. The van der Waals surface area contributed by atoms with Gasteiger partial charge < -0.3 is 11.1 Å². The van der Waals surface area contributed by atoms with E-state index in [1.54, 1.807) is 12.4 Å². The lowest BCUT2D eigenvalue weighted by Crippen LogP contribution is -2.35. The lowest BCUT2D eigenvalue weighted by atomic mass is 10.1. The molecule has 0 fully saturated rings. The molecule has 1 aromatic heterocycles. The van der Waals surface area contributed by atoms with E-state index in [4.69, 9.17) is 18.0 Å². The van der Waals surface area contributed by atoms with Crippen LogP contribution >= 0.6 is 23.6 Å². The summed E-state index contributed by atoms with van der Waals surface area (Å²) in [6.07, 6.45) is 0. The van der Waals surface area contributed by atoms with Crippen molar-refractivity contribution in [3.05, 3.63) is 16.1 Å². The Morgan fingerprint density at radius 3 is 2.93 bits per heavy atom. The first-order valence-corrected chi connectivity index (χ1v) is 5.77. The third-order valence-corrected chi connectivity index (χ3v) is 3.38. The van der Waals surface area contributed by atoms with Gasteiger partial charge in [-0.05, 0) is 13.8 Å². The van der Waals surface area contributed by atoms with Crippen LogP contribution in [-0.4, -0.2) is 15.9 Å². The van der Waals surface area contributed by atoms with E-state index in [0.717, 1.165) is 10.6 Å². The van der Waals surface area contributed by atoms with Crippen molar-refractivity contribution in [2.75, 3.05) is 0 Å². The minimum atomic E-state index is -0.423. The largest absolute Gasteiger partial charge is 0.393 e. The maximum atomic E-state index is 11.5. The van der Waals surface area contributed by atoms with Crippen LogP contribution in [-0.2, 0) is 11.3 Å². The number of carbonyl (C=O) groups excluding carboxylic acids is 1. The number of hydrogen-bond donors (Lipinski definition) is 2. The van der Waals surface area contributed by atoms with Crippen LogP contribution < -0.4 is 11.1 Å². The van der Waals surface area contributed by atoms with Crippen molar-refractivity contribution < 1.29 is 4.79 Å². The Hall–Kier alpha value is -1.01. The van der Waals surface area contributed by atoms with Crippen LogP contribution in [0.15, 0.2) is 5.51 Å². The lowest BCUT2D eigenvalue weighted by Gasteiger charge is -2.09. The van der Waals surface area contributed by atoms with Crippen LogP contribution in [0.4, 0.5) is 0 Å². The summed E-state index contributed by atoms with van der Waals surface area (Å²) in [4.78, 5) is 16.9. The number of thiazole rings is 1. The molecule has 1 amide bonds. The number of hydrogen-bond acceptors (Lipinski definition) is 4. The molecular weight excluding hydrogens is 230 g/mol. The molecule has 0 aromatic carbocycles. The number of aromatic nitrogens is 1. The van der Waals surface area contributed by atoms with Gasteiger partial charge in [0.2, 0.25) is 5.91 Å². The molecule has 0 bridgehead atoms. The topological polar surface area (TPSA) is 68.0 Å². The molecule has 0 saturated heterocycles. The van der Waals surface area contributed by atoms with Crippen LogP contribution in [0.25, 0.3) is 0 Å². The molecule has 3 N–H and O–H groups in total. The molecule has 0 aliphatic heterocycles. The zero-order valence-electron chi connectivity index (χ0n) is 8.61. The molecule has 1 unspecified atom stereocenters. The van der Waals surface area contributed by atoms with Crippen molar-refractivity contribution >= 4 is 34.5 Å². The van der Waals surface area contributed by atoms with E-state index >= 15 is 0 Å². The number of aryl methyl sites for hydroxylation is 1. The van der Waals surface area contributed by atoms with E-state index in [2.05, 4.69) is 10.3 Å². The van der Waals surface area contributed by atoms with Crippen LogP contribution in [0.2, 0.25) is 0 Å². The molecule has 1 atom stereocenters. The molecule has 0 saturated carbocycles. The fraction of sp³-hybridized carbons (Fsp3) is 0.444. The molecular formula is C9H13N3OS2. The Morgan fingerprint density at radius 1 is 1.80 bits per heavy atom. The molecule has 6 heteroatoms. The summed E-state index contributed by atoms with van der Waals surface area (Å²) < 4.78 is 0. The van der Waals surface area contributed by atoms with Gasteiger partial charge in [-0.1, -0.05) is 12.2 Å². The van der Waals surface area contributed by atoms with Crippen molar-refractivity contribution in [1.82, 2.24) is 10.3 Å². The number of nitrogens with one attached hydrogen (secondary N) is 1. The van der Waals surface area contributed by atoms with Crippen molar-refractivity contribution in [3.8, 4) is 0 Å². The molecule has 0 spiro atoms. The van der Waals surface area contributed by atoms with Gasteiger partial charge >= 0.3 is 0 Å². The summed E-state index contributed by atoms with van der Waals surface area (Å²) in [7, 11) is 0. The molecule has 1 heterocycles. The van der Waals surface area contributed by atoms with E-state index in [0.29, 0.717) is 6.54 Å². The Kier molecular flexibility index (Phi) is 4.16. The number of rotatable bonds is 4. The number of amides is 1. The van der Waals surface area contributed by atoms with Crippen LogP contribution in [0.5, 0.6) is 0 Å². The summed E-state index contributed by atoms with van der Waals surface area (Å²) in [5.74, 6) is -0.566. The van der Waals surface area contributed by atoms with Crippen LogP contribution in [0, 0.1) is 12.8 Å². The standard InChI is InChI=1S/C9H13N3OS2/c1-5(8(10)14)9(13)11-3-7-6(2)12-4-15-7/h4-5H,3H2,1-2H3,(H2,10,14)(H,11,13). The third kappa shape index (κ3) is 3.24. The quantitative estimate of drug-likeness (QED) is 0.774. The summed E-state index contributed by atoms with van der Waals surface area (Å²) >= 11 is 6.26. The predicted octanol–water partition coefficient (Wildman–Crippen LogP) is 0.990. The Bertz CT molecular complexity index is 375. The van der Waals surface area contributed by atoms with E-state index in [1.807, 2.05) is 6.92 Å². The third-order valence-electron chi connectivity index (χ3n) is 2.09. The van der Waals surface area contributed by atoms with E-state index < -0.39 is 5.92 Å². The van der Waals surface area contributed by atoms with Gasteiger partial charge in [-0.25, -0.2) is 4.98 Å². The Morgan fingerprint density at radius 2 is 2.47 bits per heavy atom. The zero-order chi connectivity index (χ0) is 11.4. The second-order valence-electron chi connectivity index (χ2n) is 3.20. The highest BCUT2D eigenvalue weighted by molar-refractivity contribution is 7.80. The molecule has 4 nitrogen and oxygen atoms in total. The predicted molar refractivity (Wildman–Crippen MR) is 64.6 cm³/mol. The summed E-state index contributed by atoms with van der Waals surface area (Å²) in [5.41, 5.74) is 8.08. The van der Waals surface area contributed by atoms with Gasteiger partial charge in [-0.3, -0.25) is 4.79 Å². The summed E-state index contributed by atoms with van der Waals surface area (Å²) in [5, 5.41) is 2.77. The van der Waals surface area contributed by atoms with Gasteiger partial charge in [0, 0.05) is 4.88 Å². The van der Waals surface area contributed by atoms with Crippen molar-refractivity contribution in [1.29, 1.82) is 0 Å². The first kappa shape index (κ1) is 12.1.